The fourth-order valence-electron chi connectivity index (χ4n) is 5.08. The molecule has 0 radical (unpaired) electrons. The summed E-state index contributed by atoms with van der Waals surface area (Å²) in [6.45, 7) is 4.68. The minimum atomic E-state index is -0.256. The Balaban J connectivity index is 1.76. The number of amides is 1. The largest absolute Gasteiger partial charge is 0.333 e. The molecule has 1 fully saturated rings. The van der Waals surface area contributed by atoms with E-state index in [9.17, 15) is 9.59 Å². The summed E-state index contributed by atoms with van der Waals surface area (Å²) in [5, 5.41) is 0.588. The lowest BCUT2D eigenvalue weighted by Crippen LogP contribution is -2.38. The highest BCUT2D eigenvalue weighted by Crippen LogP contribution is 2.30. The number of aromatic nitrogens is 2. The Labute approximate surface area is 190 Å². The maximum Gasteiger partial charge on any atom is 0.266 e. The van der Waals surface area contributed by atoms with Crippen LogP contribution in [-0.2, 0) is 4.79 Å². The lowest BCUT2D eigenvalue weighted by Gasteiger charge is -2.32. The third kappa shape index (κ3) is 4.47. The molecule has 3 aromatic rings. The number of carbonyl (C=O) groups is 1. The zero-order chi connectivity index (χ0) is 22.5. The van der Waals surface area contributed by atoms with Gasteiger partial charge in [-0.3, -0.25) is 14.2 Å². The smallest absolute Gasteiger partial charge is 0.266 e. The van der Waals surface area contributed by atoms with Crippen LogP contribution in [0.2, 0.25) is 0 Å². The molecule has 0 saturated heterocycles. The standard InChI is InChI=1S/C27H33N3O2/c1-3-24(29(4-2)25(31)19-18-20-12-8-9-13-20)26-28-23-17-11-10-16-22(23)27(32)30(26)21-14-6-5-7-15-21/h5-7,10-11,14-17,20,24H,3-4,8-9,12-13,18-19H2,1-2H3. The molecule has 5 heteroatoms. The average Bonchev–Trinajstić information content (AvgIpc) is 3.35. The number of carbonyl (C=O) groups excluding carboxylic acids is 1. The van der Waals surface area contributed by atoms with Crippen molar-refractivity contribution in [3.63, 3.8) is 0 Å². The van der Waals surface area contributed by atoms with Crippen LogP contribution in [0.15, 0.2) is 59.4 Å². The average molecular weight is 432 g/mol. The molecule has 4 rings (SSSR count). The summed E-state index contributed by atoms with van der Waals surface area (Å²) >= 11 is 0. The maximum absolute atomic E-state index is 13.6. The van der Waals surface area contributed by atoms with Crippen LogP contribution in [0.25, 0.3) is 16.6 Å². The fourth-order valence-corrected chi connectivity index (χ4v) is 5.08. The molecule has 168 valence electrons. The zero-order valence-corrected chi connectivity index (χ0v) is 19.2. The Morgan fingerprint density at radius 2 is 1.75 bits per heavy atom. The lowest BCUT2D eigenvalue weighted by atomic mass is 10.0. The molecule has 1 atom stereocenters. The van der Waals surface area contributed by atoms with Crippen molar-refractivity contribution in [2.75, 3.05) is 6.54 Å². The first-order valence-corrected chi connectivity index (χ1v) is 12.0. The van der Waals surface area contributed by atoms with Crippen LogP contribution in [0, 0.1) is 5.92 Å². The number of hydrogen-bond acceptors (Lipinski definition) is 3. The molecule has 1 aliphatic carbocycles. The Bertz CT molecular complexity index is 1120. The minimum absolute atomic E-state index is 0.0929. The van der Waals surface area contributed by atoms with E-state index in [-0.39, 0.29) is 17.5 Å². The summed E-state index contributed by atoms with van der Waals surface area (Å²) in [5.74, 6) is 1.48. The Kier molecular flexibility index (Phi) is 7.03. The fraction of sp³-hybridized carbons (Fsp3) is 0.444. The molecule has 1 aromatic heterocycles. The third-order valence-electron chi connectivity index (χ3n) is 6.78. The Morgan fingerprint density at radius 3 is 2.44 bits per heavy atom. The minimum Gasteiger partial charge on any atom is -0.333 e. The maximum atomic E-state index is 13.6. The van der Waals surface area contributed by atoms with Crippen molar-refractivity contribution >= 4 is 16.8 Å². The Hall–Kier alpha value is -2.95. The number of para-hydroxylation sites is 2. The first-order chi connectivity index (χ1) is 15.6. The molecule has 32 heavy (non-hydrogen) atoms. The van der Waals surface area contributed by atoms with E-state index in [0.29, 0.717) is 42.0 Å². The van der Waals surface area contributed by atoms with Gasteiger partial charge in [-0.1, -0.05) is 62.9 Å². The van der Waals surface area contributed by atoms with Crippen molar-refractivity contribution in [2.24, 2.45) is 5.92 Å². The van der Waals surface area contributed by atoms with Gasteiger partial charge in [-0.15, -0.1) is 0 Å². The van der Waals surface area contributed by atoms with Gasteiger partial charge in [0, 0.05) is 13.0 Å². The van der Waals surface area contributed by atoms with Gasteiger partial charge in [-0.2, -0.15) is 0 Å². The van der Waals surface area contributed by atoms with Crippen molar-refractivity contribution in [1.82, 2.24) is 14.5 Å². The summed E-state index contributed by atoms with van der Waals surface area (Å²) in [6, 6.07) is 16.8. The van der Waals surface area contributed by atoms with E-state index in [1.165, 1.54) is 25.7 Å². The first kappa shape index (κ1) is 22.3. The van der Waals surface area contributed by atoms with Crippen LogP contribution in [0.5, 0.6) is 0 Å². The van der Waals surface area contributed by atoms with Crippen molar-refractivity contribution in [3.8, 4) is 5.69 Å². The Morgan fingerprint density at radius 1 is 1.06 bits per heavy atom. The molecule has 0 spiro atoms. The second-order valence-corrected chi connectivity index (χ2v) is 8.76. The predicted molar refractivity (Wildman–Crippen MR) is 129 cm³/mol. The molecular weight excluding hydrogens is 398 g/mol. The number of nitrogens with zero attached hydrogens (tertiary/aromatic N) is 3. The van der Waals surface area contributed by atoms with Gasteiger partial charge in [-0.05, 0) is 49.9 Å². The van der Waals surface area contributed by atoms with E-state index in [4.69, 9.17) is 4.98 Å². The quantitative estimate of drug-likeness (QED) is 0.463. The highest BCUT2D eigenvalue weighted by atomic mass is 16.2. The molecule has 0 N–H and O–H groups in total. The van der Waals surface area contributed by atoms with E-state index >= 15 is 0 Å². The van der Waals surface area contributed by atoms with Crippen LogP contribution in [0.1, 0.15) is 70.7 Å². The topological polar surface area (TPSA) is 55.2 Å². The number of rotatable bonds is 8. The van der Waals surface area contributed by atoms with E-state index in [2.05, 4.69) is 6.92 Å². The third-order valence-corrected chi connectivity index (χ3v) is 6.78. The van der Waals surface area contributed by atoms with Crippen molar-refractivity contribution in [1.29, 1.82) is 0 Å². The van der Waals surface area contributed by atoms with Crippen LogP contribution in [-0.4, -0.2) is 26.9 Å². The van der Waals surface area contributed by atoms with Gasteiger partial charge in [0.05, 0.1) is 22.6 Å². The van der Waals surface area contributed by atoms with Gasteiger partial charge in [0.25, 0.3) is 5.56 Å². The van der Waals surface area contributed by atoms with Gasteiger partial charge in [-0.25, -0.2) is 4.98 Å². The molecule has 5 nitrogen and oxygen atoms in total. The van der Waals surface area contributed by atoms with Crippen molar-refractivity contribution in [2.45, 2.75) is 64.8 Å². The van der Waals surface area contributed by atoms with Gasteiger partial charge in [0.2, 0.25) is 5.91 Å². The first-order valence-electron chi connectivity index (χ1n) is 12.0. The summed E-state index contributed by atoms with van der Waals surface area (Å²) in [6.07, 6.45) is 7.30. The number of hydrogen-bond donors (Lipinski definition) is 0. The molecule has 1 amide bonds. The van der Waals surface area contributed by atoms with Gasteiger partial charge >= 0.3 is 0 Å². The molecule has 1 saturated carbocycles. The van der Waals surface area contributed by atoms with Crippen LogP contribution < -0.4 is 5.56 Å². The number of fused-ring (bicyclic) bond motifs is 1. The van der Waals surface area contributed by atoms with Crippen LogP contribution >= 0.6 is 0 Å². The number of benzene rings is 2. The van der Waals surface area contributed by atoms with Gasteiger partial charge in [0.15, 0.2) is 0 Å². The lowest BCUT2D eigenvalue weighted by molar-refractivity contribution is -0.134. The summed E-state index contributed by atoms with van der Waals surface area (Å²) < 4.78 is 1.70. The van der Waals surface area contributed by atoms with E-state index in [0.717, 1.165) is 12.1 Å². The van der Waals surface area contributed by atoms with E-state index in [1.54, 1.807) is 4.57 Å². The SMILES string of the molecule is CCC(c1nc2ccccc2c(=O)n1-c1ccccc1)N(CC)C(=O)CCC1CCCC1. The van der Waals surface area contributed by atoms with Crippen LogP contribution in [0.3, 0.4) is 0 Å². The predicted octanol–water partition coefficient (Wildman–Crippen LogP) is 5.66. The molecule has 0 aliphatic heterocycles. The van der Waals surface area contributed by atoms with Crippen LogP contribution in [0.4, 0.5) is 0 Å². The molecule has 1 aliphatic rings. The molecule has 1 heterocycles. The highest BCUT2D eigenvalue weighted by molar-refractivity contribution is 5.79. The summed E-state index contributed by atoms with van der Waals surface area (Å²) in [7, 11) is 0. The highest BCUT2D eigenvalue weighted by Gasteiger charge is 2.28. The van der Waals surface area contributed by atoms with E-state index < -0.39 is 0 Å². The van der Waals surface area contributed by atoms with E-state index in [1.807, 2.05) is 66.4 Å². The zero-order valence-electron chi connectivity index (χ0n) is 19.2. The molecule has 1 unspecified atom stereocenters. The van der Waals surface area contributed by atoms with Crippen molar-refractivity contribution in [3.05, 3.63) is 70.8 Å². The van der Waals surface area contributed by atoms with Gasteiger partial charge in [0.1, 0.15) is 5.82 Å². The second-order valence-electron chi connectivity index (χ2n) is 8.76. The monoisotopic (exact) mass is 431 g/mol. The summed E-state index contributed by atoms with van der Waals surface area (Å²) in [4.78, 5) is 33.7. The molecular formula is C27H33N3O2. The molecule has 0 bridgehead atoms. The van der Waals surface area contributed by atoms with Crippen molar-refractivity contribution < 1.29 is 4.79 Å². The van der Waals surface area contributed by atoms with Gasteiger partial charge < -0.3 is 4.90 Å². The normalized spacial score (nSPS) is 15.2. The summed E-state index contributed by atoms with van der Waals surface area (Å²) in [5.41, 5.74) is 1.36. The molecule has 2 aromatic carbocycles. The second kappa shape index (κ2) is 10.1.